The third kappa shape index (κ3) is 3.70. The standard InChI is InChI=1S/C27H20ClNO4/c1-15-11-16(2)24-23(12-15)33-26(18-8-3-5-9-20(18)28)27(25(24)31)32-14-22(30)19-13-29-21-10-6-4-7-17(19)21/h3-13,29H,14H2,1-2H3. The van der Waals surface area contributed by atoms with Crippen LogP contribution in [0, 0.1) is 13.8 Å². The highest BCUT2D eigenvalue weighted by molar-refractivity contribution is 6.33. The molecule has 5 rings (SSSR count). The van der Waals surface area contributed by atoms with E-state index in [0.717, 1.165) is 22.0 Å². The predicted octanol–water partition coefficient (Wildman–Crippen LogP) is 6.47. The van der Waals surface area contributed by atoms with Crippen molar-refractivity contribution in [2.45, 2.75) is 13.8 Å². The van der Waals surface area contributed by atoms with Crippen LogP contribution in [0.5, 0.6) is 5.75 Å². The average molecular weight is 458 g/mol. The van der Waals surface area contributed by atoms with Gasteiger partial charge in [-0.15, -0.1) is 0 Å². The molecule has 1 N–H and O–H groups in total. The maximum atomic E-state index is 13.5. The Hall–Kier alpha value is -3.83. The molecule has 0 aliphatic heterocycles. The molecule has 0 atom stereocenters. The van der Waals surface area contributed by atoms with Gasteiger partial charge in [-0.05, 0) is 49.2 Å². The summed E-state index contributed by atoms with van der Waals surface area (Å²) in [5.74, 6) is -0.0803. The molecule has 164 valence electrons. The van der Waals surface area contributed by atoms with E-state index in [4.69, 9.17) is 20.8 Å². The van der Waals surface area contributed by atoms with E-state index in [1.807, 2.05) is 50.2 Å². The van der Waals surface area contributed by atoms with Crippen molar-refractivity contribution in [3.8, 4) is 17.1 Å². The third-order valence-electron chi connectivity index (χ3n) is 5.65. The number of halogens is 1. The van der Waals surface area contributed by atoms with E-state index in [0.29, 0.717) is 27.1 Å². The van der Waals surface area contributed by atoms with Gasteiger partial charge < -0.3 is 14.1 Å². The van der Waals surface area contributed by atoms with Crippen LogP contribution in [0.4, 0.5) is 0 Å². The Morgan fingerprint density at radius 1 is 1.06 bits per heavy atom. The first-order valence-corrected chi connectivity index (χ1v) is 10.9. The lowest BCUT2D eigenvalue weighted by molar-refractivity contribution is 0.0922. The SMILES string of the molecule is Cc1cc(C)c2c(=O)c(OCC(=O)c3c[nH]c4ccccc34)c(-c3ccccc3Cl)oc2c1. The molecule has 0 bridgehead atoms. The van der Waals surface area contributed by atoms with Gasteiger partial charge in [0.25, 0.3) is 0 Å². The summed E-state index contributed by atoms with van der Waals surface area (Å²) in [7, 11) is 0. The lowest BCUT2D eigenvalue weighted by Gasteiger charge is -2.13. The van der Waals surface area contributed by atoms with Crippen molar-refractivity contribution in [2.75, 3.05) is 6.61 Å². The van der Waals surface area contributed by atoms with Gasteiger partial charge in [0.2, 0.25) is 17.0 Å². The number of aromatic nitrogens is 1. The van der Waals surface area contributed by atoms with Crippen molar-refractivity contribution in [1.82, 2.24) is 4.98 Å². The van der Waals surface area contributed by atoms with Crippen LogP contribution < -0.4 is 10.2 Å². The molecule has 0 amide bonds. The van der Waals surface area contributed by atoms with Gasteiger partial charge in [0.05, 0.1) is 10.4 Å². The summed E-state index contributed by atoms with van der Waals surface area (Å²) in [4.78, 5) is 29.6. The monoisotopic (exact) mass is 457 g/mol. The Morgan fingerprint density at radius 2 is 1.82 bits per heavy atom. The average Bonchev–Trinajstić information content (AvgIpc) is 3.22. The molecule has 3 aromatic carbocycles. The summed E-state index contributed by atoms with van der Waals surface area (Å²) in [6, 6.07) is 18.3. The number of hydrogen-bond acceptors (Lipinski definition) is 4. The summed E-state index contributed by atoms with van der Waals surface area (Å²) < 4.78 is 12.0. The highest BCUT2D eigenvalue weighted by Gasteiger charge is 2.22. The molecule has 33 heavy (non-hydrogen) atoms. The molecule has 0 radical (unpaired) electrons. The first kappa shape index (κ1) is 21.0. The zero-order chi connectivity index (χ0) is 23.1. The molecule has 2 aromatic heterocycles. The number of carbonyl (C=O) groups is 1. The maximum absolute atomic E-state index is 13.5. The van der Waals surface area contributed by atoms with Gasteiger partial charge in [-0.3, -0.25) is 9.59 Å². The number of aromatic amines is 1. The van der Waals surface area contributed by atoms with E-state index in [9.17, 15) is 9.59 Å². The molecular weight excluding hydrogens is 438 g/mol. The first-order chi connectivity index (χ1) is 15.9. The predicted molar refractivity (Wildman–Crippen MR) is 131 cm³/mol. The second-order valence-corrected chi connectivity index (χ2v) is 8.39. The molecule has 0 spiro atoms. The van der Waals surface area contributed by atoms with Crippen LogP contribution in [0.2, 0.25) is 5.02 Å². The lowest BCUT2D eigenvalue weighted by Crippen LogP contribution is -2.17. The fraction of sp³-hybridized carbons (Fsp3) is 0.111. The zero-order valence-electron chi connectivity index (χ0n) is 18.1. The van der Waals surface area contributed by atoms with E-state index < -0.39 is 0 Å². The minimum atomic E-state index is -0.338. The second-order valence-electron chi connectivity index (χ2n) is 7.98. The number of benzene rings is 3. The molecule has 0 unspecified atom stereocenters. The number of fused-ring (bicyclic) bond motifs is 2. The van der Waals surface area contributed by atoms with E-state index in [1.54, 1.807) is 30.5 Å². The minimum Gasteiger partial charge on any atom is -0.478 e. The van der Waals surface area contributed by atoms with Crippen LogP contribution in [0.15, 0.2) is 76.1 Å². The van der Waals surface area contributed by atoms with Gasteiger partial charge >= 0.3 is 0 Å². The number of ether oxygens (including phenoxy) is 1. The number of rotatable bonds is 5. The molecular formula is C27H20ClNO4. The number of hydrogen-bond donors (Lipinski definition) is 1. The van der Waals surface area contributed by atoms with E-state index in [1.165, 1.54) is 0 Å². The van der Waals surface area contributed by atoms with Crippen LogP contribution in [-0.4, -0.2) is 17.4 Å². The molecule has 0 saturated carbocycles. The van der Waals surface area contributed by atoms with E-state index in [2.05, 4.69) is 4.98 Å². The van der Waals surface area contributed by atoms with Crippen molar-refractivity contribution >= 4 is 39.3 Å². The number of nitrogens with one attached hydrogen (secondary N) is 1. The van der Waals surface area contributed by atoms with Crippen molar-refractivity contribution in [3.05, 3.63) is 98.8 Å². The second kappa shape index (κ2) is 8.26. The van der Waals surface area contributed by atoms with Crippen molar-refractivity contribution < 1.29 is 13.9 Å². The van der Waals surface area contributed by atoms with Crippen LogP contribution in [-0.2, 0) is 0 Å². The number of H-pyrrole nitrogens is 1. The molecule has 5 aromatic rings. The van der Waals surface area contributed by atoms with Gasteiger partial charge in [0, 0.05) is 28.2 Å². The van der Waals surface area contributed by atoms with Gasteiger partial charge in [0.1, 0.15) is 5.58 Å². The van der Waals surface area contributed by atoms with Crippen molar-refractivity contribution in [2.24, 2.45) is 0 Å². The van der Waals surface area contributed by atoms with Crippen LogP contribution >= 0.6 is 11.6 Å². The number of Topliss-reactive ketones (excluding diaryl/α,β-unsaturated/α-hetero) is 1. The fourth-order valence-corrected chi connectivity index (χ4v) is 4.37. The van der Waals surface area contributed by atoms with Crippen LogP contribution in [0.1, 0.15) is 21.5 Å². The van der Waals surface area contributed by atoms with Gasteiger partial charge in [0.15, 0.2) is 12.4 Å². The number of ketones is 1. The first-order valence-electron chi connectivity index (χ1n) is 10.5. The third-order valence-corrected chi connectivity index (χ3v) is 5.98. The smallest absolute Gasteiger partial charge is 0.235 e. The lowest BCUT2D eigenvalue weighted by atomic mass is 10.0. The molecule has 0 saturated heterocycles. The summed E-state index contributed by atoms with van der Waals surface area (Å²) in [5.41, 5.74) is 3.73. The maximum Gasteiger partial charge on any atom is 0.235 e. The molecule has 0 aliphatic rings. The summed E-state index contributed by atoms with van der Waals surface area (Å²) in [5, 5.41) is 1.64. The molecule has 5 nitrogen and oxygen atoms in total. The molecule has 2 heterocycles. The van der Waals surface area contributed by atoms with Crippen LogP contribution in [0.3, 0.4) is 0 Å². The Bertz CT molecular complexity index is 1600. The van der Waals surface area contributed by atoms with Gasteiger partial charge in [-0.25, -0.2) is 0 Å². The van der Waals surface area contributed by atoms with E-state index >= 15 is 0 Å². The van der Waals surface area contributed by atoms with Crippen molar-refractivity contribution in [3.63, 3.8) is 0 Å². The molecule has 0 fully saturated rings. The Morgan fingerprint density at radius 3 is 2.64 bits per heavy atom. The normalized spacial score (nSPS) is 11.2. The van der Waals surface area contributed by atoms with Crippen molar-refractivity contribution in [1.29, 1.82) is 0 Å². The summed E-state index contributed by atoms with van der Waals surface area (Å²) in [6.07, 6.45) is 1.65. The zero-order valence-corrected chi connectivity index (χ0v) is 18.8. The molecule has 6 heteroatoms. The number of carbonyl (C=O) groups excluding carboxylic acids is 1. The van der Waals surface area contributed by atoms with Gasteiger partial charge in [-0.1, -0.05) is 48.0 Å². The number of aryl methyl sites for hydroxylation is 2. The Kier molecular flexibility index (Phi) is 5.27. The minimum absolute atomic E-state index is 0.0317. The topological polar surface area (TPSA) is 72.3 Å². The summed E-state index contributed by atoms with van der Waals surface area (Å²) in [6.45, 7) is 3.47. The number of para-hydroxylation sites is 1. The van der Waals surface area contributed by atoms with E-state index in [-0.39, 0.29) is 29.3 Å². The Labute approximate surface area is 194 Å². The molecule has 0 aliphatic carbocycles. The Balaban J connectivity index is 1.62. The fourth-order valence-electron chi connectivity index (χ4n) is 4.14. The quantitative estimate of drug-likeness (QED) is 0.307. The highest BCUT2D eigenvalue weighted by atomic mass is 35.5. The largest absolute Gasteiger partial charge is 0.478 e. The van der Waals surface area contributed by atoms with Gasteiger partial charge in [-0.2, -0.15) is 0 Å². The highest BCUT2D eigenvalue weighted by Crippen LogP contribution is 2.36. The summed E-state index contributed by atoms with van der Waals surface area (Å²) >= 11 is 6.42. The van der Waals surface area contributed by atoms with Crippen LogP contribution in [0.25, 0.3) is 33.2 Å².